The zero-order valence-electron chi connectivity index (χ0n) is 14.6. The largest absolute Gasteiger partial charge is 0.359 e. The van der Waals surface area contributed by atoms with Crippen LogP contribution in [-0.2, 0) is 6.54 Å². The highest BCUT2D eigenvalue weighted by Gasteiger charge is 2.38. The van der Waals surface area contributed by atoms with Gasteiger partial charge in [0, 0.05) is 12.7 Å². The molecule has 0 saturated heterocycles. The molecule has 1 aliphatic rings. The number of pyridine rings is 1. The van der Waals surface area contributed by atoms with Crippen LogP contribution in [0, 0.1) is 12.7 Å². The number of aromatic nitrogens is 1. The van der Waals surface area contributed by atoms with Crippen LogP contribution in [0.15, 0.2) is 60.8 Å². The normalized spacial score (nSPS) is 15.7. The Kier molecular flexibility index (Phi) is 4.54. The maximum absolute atomic E-state index is 13.2. The summed E-state index contributed by atoms with van der Waals surface area (Å²) in [5.74, 6) is -0.430. The van der Waals surface area contributed by atoms with Crippen molar-refractivity contribution in [3.05, 3.63) is 94.0 Å². The molecule has 136 valence electrons. The number of benzene rings is 2. The van der Waals surface area contributed by atoms with Gasteiger partial charge in [-0.3, -0.25) is 9.78 Å². The number of hydrogen-bond donors (Lipinski definition) is 1. The molecule has 4 rings (SSSR count). The molecular formula is C21H17ClFN3O. The zero-order chi connectivity index (χ0) is 19.0. The highest BCUT2D eigenvalue weighted by atomic mass is 35.5. The first-order valence-corrected chi connectivity index (χ1v) is 8.94. The fraction of sp³-hybridized carbons (Fsp3) is 0.143. The summed E-state index contributed by atoms with van der Waals surface area (Å²) in [5.41, 5.74) is 3.82. The Labute approximate surface area is 161 Å². The van der Waals surface area contributed by atoms with Gasteiger partial charge in [-0.25, -0.2) is 4.39 Å². The molecule has 1 atom stereocenters. The van der Waals surface area contributed by atoms with Crippen LogP contribution in [0.2, 0.25) is 5.02 Å². The Balaban J connectivity index is 1.70. The third-order valence-electron chi connectivity index (χ3n) is 4.58. The molecule has 0 bridgehead atoms. The number of carbonyl (C=O) groups excluding carboxylic acids is 1. The van der Waals surface area contributed by atoms with Crippen molar-refractivity contribution in [1.29, 1.82) is 0 Å². The lowest BCUT2D eigenvalue weighted by atomic mass is 10.2. The number of halogens is 2. The number of aryl methyl sites for hydroxylation is 1. The molecule has 3 aromatic rings. The molecule has 0 spiro atoms. The van der Waals surface area contributed by atoms with E-state index in [0.29, 0.717) is 22.8 Å². The summed E-state index contributed by atoms with van der Waals surface area (Å²) in [7, 11) is 0. The topological polar surface area (TPSA) is 45.2 Å². The van der Waals surface area contributed by atoms with E-state index in [0.717, 1.165) is 16.8 Å². The van der Waals surface area contributed by atoms with Crippen LogP contribution >= 0.6 is 11.6 Å². The molecule has 6 heteroatoms. The minimum absolute atomic E-state index is 0.122. The third-order valence-corrected chi connectivity index (χ3v) is 4.90. The van der Waals surface area contributed by atoms with Crippen molar-refractivity contribution >= 4 is 23.2 Å². The number of rotatable bonds is 4. The molecular weight excluding hydrogens is 365 g/mol. The van der Waals surface area contributed by atoms with Gasteiger partial charge in [-0.2, -0.15) is 0 Å². The van der Waals surface area contributed by atoms with Crippen LogP contribution in [0.25, 0.3) is 0 Å². The van der Waals surface area contributed by atoms with E-state index in [1.165, 1.54) is 12.1 Å². The number of carbonyl (C=O) groups is 1. The highest BCUT2D eigenvalue weighted by molar-refractivity contribution is 6.33. The molecule has 0 radical (unpaired) electrons. The van der Waals surface area contributed by atoms with Gasteiger partial charge in [0.1, 0.15) is 12.0 Å². The monoisotopic (exact) mass is 381 g/mol. The second kappa shape index (κ2) is 7.00. The van der Waals surface area contributed by atoms with E-state index in [-0.39, 0.29) is 11.7 Å². The molecule has 1 aliphatic heterocycles. The van der Waals surface area contributed by atoms with Crippen LogP contribution in [-0.4, -0.2) is 15.8 Å². The minimum atomic E-state index is -0.459. The zero-order valence-corrected chi connectivity index (χ0v) is 15.4. The van der Waals surface area contributed by atoms with Crippen molar-refractivity contribution in [3.8, 4) is 0 Å². The van der Waals surface area contributed by atoms with Gasteiger partial charge < -0.3 is 10.2 Å². The SMILES string of the molecule is Cc1ccc(NC2c3ncccc3C(=O)N2Cc2ccc(F)cc2)c(Cl)c1. The van der Waals surface area contributed by atoms with Crippen LogP contribution in [0.4, 0.5) is 10.1 Å². The van der Waals surface area contributed by atoms with E-state index >= 15 is 0 Å². The maximum Gasteiger partial charge on any atom is 0.258 e. The summed E-state index contributed by atoms with van der Waals surface area (Å²) in [4.78, 5) is 19.0. The Morgan fingerprint density at radius 1 is 1.19 bits per heavy atom. The summed E-state index contributed by atoms with van der Waals surface area (Å²) in [6, 6.07) is 15.3. The molecule has 1 aromatic heterocycles. The molecule has 2 aromatic carbocycles. The number of anilines is 1. The molecule has 0 fully saturated rings. The van der Waals surface area contributed by atoms with Crippen molar-refractivity contribution < 1.29 is 9.18 Å². The first kappa shape index (κ1) is 17.5. The van der Waals surface area contributed by atoms with Crippen molar-refractivity contribution in [2.24, 2.45) is 0 Å². The standard InChI is InChI=1S/C21H17ClFN3O/c1-13-4-9-18(17(22)11-13)25-20-19-16(3-2-10-24-19)21(27)26(20)12-14-5-7-15(23)8-6-14/h2-11,20,25H,12H2,1H3. The molecule has 1 unspecified atom stereocenters. The van der Waals surface area contributed by atoms with Crippen LogP contribution in [0.5, 0.6) is 0 Å². The quantitative estimate of drug-likeness (QED) is 0.695. The second-order valence-electron chi connectivity index (χ2n) is 6.53. The van der Waals surface area contributed by atoms with Gasteiger partial charge in [0.25, 0.3) is 5.91 Å². The highest BCUT2D eigenvalue weighted by Crippen LogP contribution is 2.36. The molecule has 0 aliphatic carbocycles. The smallest absolute Gasteiger partial charge is 0.258 e. The predicted molar refractivity (Wildman–Crippen MR) is 103 cm³/mol. The van der Waals surface area contributed by atoms with Gasteiger partial charge in [0.2, 0.25) is 0 Å². The number of amides is 1. The minimum Gasteiger partial charge on any atom is -0.359 e. The first-order valence-electron chi connectivity index (χ1n) is 8.56. The Morgan fingerprint density at radius 3 is 2.70 bits per heavy atom. The fourth-order valence-electron chi connectivity index (χ4n) is 3.22. The van der Waals surface area contributed by atoms with Gasteiger partial charge in [0.05, 0.1) is 22.0 Å². The maximum atomic E-state index is 13.2. The summed E-state index contributed by atoms with van der Waals surface area (Å²) < 4.78 is 13.2. The number of fused-ring (bicyclic) bond motifs is 1. The summed E-state index contributed by atoms with van der Waals surface area (Å²) in [6.45, 7) is 2.29. The van der Waals surface area contributed by atoms with Crippen molar-refractivity contribution in [2.45, 2.75) is 19.6 Å². The van der Waals surface area contributed by atoms with Gasteiger partial charge in [-0.1, -0.05) is 29.8 Å². The van der Waals surface area contributed by atoms with Crippen molar-refractivity contribution in [3.63, 3.8) is 0 Å². The first-order chi connectivity index (χ1) is 13.0. The number of nitrogens with zero attached hydrogens (tertiary/aromatic N) is 2. The van der Waals surface area contributed by atoms with Gasteiger partial charge in [0.15, 0.2) is 0 Å². The molecule has 1 amide bonds. The van der Waals surface area contributed by atoms with E-state index in [4.69, 9.17) is 11.6 Å². The number of nitrogens with one attached hydrogen (secondary N) is 1. The molecule has 1 N–H and O–H groups in total. The van der Waals surface area contributed by atoms with Crippen molar-refractivity contribution in [2.75, 3.05) is 5.32 Å². The summed E-state index contributed by atoms with van der Waals surface area (Å²) >= 11 is 6.37. The summed E-state index contributed by atoms with van der Waals surface area (Å²) in [6.07, 6.45) is 1.21. The van der Waals surface area contributed by atoms with Crippen LogP contribution < -0.4 is 5.32 Å². The average molecular weight is 382 g/mol. The third kappa shape index (κ3) is 3.38. The Hall–Kier alpha value is -2.92. The Morgan fingerprint density at radius 2 is 1.96 bits per heavy atom. The predicted octanol–water partition coefficient (Wildman–Crippen LogP) is 4.95. The van der Waals surface area contributed by atoms with E-state index in [1.807, 2.05) is 25.1 Å². The molecule has 4 nitrogen and oxygen atoms in total. The lowest BCUT2D eigenvalue weighted by Crippen LogP contribution is -2.32. The van der Waals surface area contributed by atoms with E-state index in [9.17, 15) is 9.18 Å². The molecule has 2 heterocycles. The lowest BCUT2D eigenvalue weighted by Gasteiger charge is -2.27. The Bertz CT molecular complexity index is 1010. The average Bonchev–Trinajstić information content (AvgIpc) is 2.92. The lowest BCUT2D eigenvalue weighted by molar-refractivity contribution is 0.0727. The summed E-state index contributed by atoms with van der Waals surface area (Å²) in [5, 5.41) is 3.92. The van der Waals surface area contributed by atoms with Crippen LogP contribution in [0.1, 0.15) is 33.3 Å². The van der Waals surface area contributed by atoms with Gasteiger partial charge in [-0.05, 0) is 54.4 Å². The number of hydrogen-bond acceptors (Lipinski definition) is 3. The molecule has 27 heavy (non-hydrogen) atoms. The molecule has 0 saturated carbocycles. The van der Waals surface area contributed by atoms with Crippen LogP contribution in [0.3, 0.4) is 0 Å². The van der Waals surface area contributed by atoms with Gasteiger partial charge >= 0.3 is 0 Å². The van der Waals surface area contributed by atoms with E-state index < -0.39 is 6.17 Å². The van der Waals surface area contributed by atoms with Crippen molar-refractivity contribution in [1.82, 2.24) is 9.88 Å². The van der Waals surface area contributed by atoms with Gasteiger partial charge in [-0.15, -0.1) is 0 Å². The van der Waals surface area contributed by atoms with E-state index in [2.05, 4.69) is 10.3 Å². The fourth-order valence-corrected chi connectivity index (χ4v) is 3.51. The second-order valence-corrected chi connectivity index (χ2v) is 6.93. The van der Waals surface area contributed by atoms with E-state index in [1.54, 1.807) is 35.4 Å².